The summed E-state index contributed by atoms with van der Waals surface area (Å²) < 4.78 is 26.9. The number of hydrogen-bond acceptors (Lipinski definition) is 5. The van der Waals surface area contributed by atoms with Gasteiger partial charge in [0.25, 0.3) is 5.24 Å². The Morgan fingerprint density at radius 2 is 1.83 bits per heavy atom. The molecule has 0 aliphatic carbocycles. The molecule has 0 saturated carbocycles. The Morgan fingerprint density at radius 1 is 1.17 bits per heavy atom. The molecule has 130 valence electrons. The summed E-state index contributed by atoms with van der Waals surface area (Å²) in [6.45, 7) is 4.60. The third-order valence-electron chi connectivity index (χ3n) is 4.46. The first kappa shape index (κ1) is 17.4. The van der Waals surface area contributed by atoms with Crippen LogP contribution in [0.5, 0.6) is 0 Å². The molecule has 2 fully saturated rings. The monoisotopic (exact) mass is 368 g/mol. The molecule has 2 saturated heterocycles. The zero-order valence-corrected chi connectivity index (χ0v) is 15.3. The number of rotatable bonds is 4. The minimum absolute atomic E-state index is 0.152. The van der Waals surface area contributed by atoms with E-state index in [0.29, 0.717) is 18.9 Å². The van der Waals surface area contributed by atoms with Crippen LogP contribution < -0.4 is 0 Å². The molecule has 3 rings (SSSR count). The topological polar surface area (TPSA) is 74.8 Å². The lowest BCUT2D eigenvalue weighted by molar-refractivity contribution is -0.126. The molecule has 6 nitrogen and oxygen atoms in total. The largest absolute Gasteiger partial charge is 0.289 e. The Bertz CT molecular complexity index is 743. The number of carbonyl (C=O) groups excluding carboxylic acids is 2. The molecule has 0 bridgehead atoms. The van der Waals surface area contributed by atoms with E-state index in [-0.39, 0.29) is 34.4 Å². The molecule has 0 radical (unpaired) electrons. The maximum absolute atomic E-state index is 12.8. The highest BCUT2D eigenvalue weighted by Crippen LogP contribution is 2.29. The molecule has 1 aromatic carbocycles. The summed E-state index contributed by atoms with van der Waals surface area (Å²) >= 11 is 0.979. The maximum Gasteiger partial charge on any atom is 0.289 e. The third-order valence-corrected chi connectivity index (χ3v) is 7.17. The zero-order valence-electron chi connectivity index (χ0n) is 13.6. The van der Waals surface area contributed by atoms with Crippen LogP contribution in [-0.2, 0) is 14.8 Å². The number of nitrogens with zero attached hydrogens (tertiary/aromatic N) is 2. The summed E-state index contributed by atoms with van der Waals surface area (Å²) in [5.41, 5.74) is 1.08. The van der Waals surface area contributed by atoms with E-state index in [2.05, 4.69) is 13.8 Å². The molecule has 0 aromatic heterocycles. The minimum atomic E-state index is -3.60. The van der Waals surface area contributed by atoms with Crippen LogP contribution in [0.4, 0.5) is 4.79 Å². The van der Waals surface area contributed by atoms with Crippen LogP contribution >= 0.6 is 11.8 Å². The SMILES string of the molecule is CC(C)c1ccc(S(=O)(=O)N2CCC(N3C(=O)CSC3=O)C2)cc1. The predicted octanol–water partition coefficient (Wildman–Crippen LogP) is 2.27. The highest BCUT2D eigenvalue weighted by molar-refractivity contribution is 8.14. The van der Waals surface area contributed by atoms with Gasteiger partial charge in [-0.05, 0) is 30.0 Å². The van der Waals surface area contributed by atoms with Crippen LogP contribution in [0, 0.1) is 0 Å². The van der Waals surface area contributed by atoms with E-state index < -0.39 is 10.0 Å². The van der Waals surface area contributed by atoms with E-state index in [1.54, 1.807) is 12.1 Å². The third kappa shape index (κ3) is 3.10. The van der Waals surface area contributed by atoms with Crippen molar-refractivity contribution < 1.29 is 18.0 Å². The van der Waals surface area contributed by atoms with Crippen LogP contribution in [0.15, 0.2) is 29.2 Å². The lowest BCUT2D eigenvalue weighted by atomic mass is 10.0. The van der Waals surface area contributed by atoms with Gasteiger partial charge in [0.1, 0.15) is 0 Å². The van der Waals surface area contributed by atoms with Crippen molar-refractivity contribution in [2.45, 2.75) is 37.1 Å². The van der Waals surface area contributed by atoms with Crippen molar-refractivity contribution in [1.82, 2.24) is 9.21 Å². The maximum atomic E-state index is 12.8. The number of benzene rings is 1. The van der Waals surface area contributed by atoms with Crippen LogP contribution in [-0.4, -0.2) is 53.7 Å². The highest BCUT2D eigenvalue weighted by Gasteiger charge is 2.42. The fourth-order valence-corrected chi connectivity index (χ4v) is 5.30. The van der Waals surface area contributed by atoms with Crippen molar-refractivity contribution in [2.24, 2.45) is 0 Å². The smallest absolute Gasteiger partial charge is 0.273 e. The molecule has 0 spiro atoms. The van der Waals surface area contributed by atoms with E-state index >= 15 is 0 Å². The van der Waals surface area contributed by atoms with E-state index in [1.807, 2.05) is 12.1 Å². The molecule has 0 N–H and O–H groups in total. The molecule has 1 aromatic rings. The second-order valence-corrected chi connectivity index (χ2v) is 9.21. The summed E-state index contributed by atoms with van der Waals surface area (Å²) in [4.78, 5) is 25.1. The lowest BCUT2D eigenvalue weighted by Gasteiger charge is -2.22. The summed E-state index contributed by atoms with van der Waals surface area (Å²) in [6.07, 6.45) is 0.487. The van der Waals surface area contributed by atoms with Crippen LogP contribution in [0.25, 0.3) is 0 Å². The molecule has 8 heteroatoms. The number of hydrogen-bond donors (Lipinski definition) is 0. The lowest BCUT2D eigenvalue weighted by Crippen LogP contribution is -2.41. The van der Waals surface area contributed by atoms with Crippen molar-refractivity contribution in [3.05, 3.63) is 29.8 Å². The first-order valence-corrected chi connectivity index (χ1v) is 10.3. The first-order valence-electron chi connectivity index (χ1n) is 7.89. The van der Waals surface area contributed by atoms with Crippen molar-refractivity contribution >= 4 is 32.9 Å². The quantitative estimate of drug-likeness (QED) is 0.815. The Morgan fingerprint density at radius 3 is 2.38 bits per heavy atom. The molecule has 2 aliphatic heterocycles. The summed E-state index contributed by atoms with van der Waals surface area (Å²) in [5, 5.41) is -0.273. The van der Waals surface area contributed by atoms with Gasteiger partial charge in [-0.1, -0.05) is 37.7 Å². The molecule has 1 atom stereocenters. The standard InChI is InChI=1S/C16H20N2O4S2/c1-11(2)12-3-5-14(6-4-12)24(21,22)17-8-7-13(9-17)18-15(19)10-23-16(18)20/h3-6,11,13H,7-10H2,1-2H3. The van der Waals surface area contributed by atoms with E-state index in [9.17, 15) is 18.0 Å². The Hall–Kier alpha value is -1.38. The van der Waals surface area contributed by atoms with Gasteiger partial charge in [-0.2, -0.15) is 4.31 Å². The fourth-order valence-electron chi connectivity index (χ4n) is 3.03. The van der Waals surface area contributed by atoms with Gasteiger partial charge in [-0.25, -0.2) is 8.42 Å². The number of amides is 2. The van der Waals surface area contributed by atoms with E-state index in [1.165, 1.54) is 9.21 Å². The first-order chi connectivity index (χ1) is 11.3. The minimum Gasteiger partial charge on any atom is -0.273 e. The van der Waals surface area contributed by atoms with Crippen LogP contribution in [0.2, 0.25) is 0 Å². The van der Waals surface area contributed by atoms with Crippen molar-refractivity contribution in [1.29, 1.82) is 0 Å². The van der Waals surface area contributed by atoms with Crippen molar-refractivity contribution in [3.8, 4) is 0 Å². The van der Waals surface area contributed by atoms with Gasteiger partial charge in [0.05, 0.1) is 16.7 Å². The Kier molecular flexibility index (Phi) is 4.72. The van der Waals surface area contributed by atoms with Crippen molar-refractivity contribution in [2.75, 3.05) is 18.8 Å². The number of thioether (sulfide) groups is 1. The van der Waals surface area contributed by atoms with Gasteiger partial charge in [0.15, 0.2) is 0 Å². The number of imide groups is 1. The van der Waals surface area contributed by atoms with Gasteiger partial charge in [0, 0.05) is 13.1 Å². The average molecular weight is 368 g/mol. The van der Waals surface area contributed by atoms with E-state index in [0.717, 1.165) is 17.3 Å². The molecular weight excluding hydrogens is 348 g/mol. The average Bonchev–Trinajstić information content (AvgIpc) is 3.14. The van der Waals surface area contributed by atoms with Crippen molar-refractivity contribution in [3.63, 3.8) is 0 Å². The summed E-state index contributed by atoms with van der Waals surface area (Å²) in [7, 11) is -3.60. The van der Waals surface area contributed by atoms with Crippen LogP contribution in [0.3, 0.4) is 0 Å². The number of sulfonamides is 1. The second-order valence-electron chi connectivity index (χ2n) is 6.35. The molecule has 1 unspecified atom stereocenters. The second kappa shape index (κ2) is 6.50. The Balaban J connectivity index is 1.76. The summed E-state index contributed by atoms with van der Waals surface area (Å²) in [6, 6.07) is 6.55. The van der Waals surface area contributed by atoms with E-state index in [4.69, 9.17) is 0 Å². The molecule has 2 amide bonds. The van der Waals surface area contributed by atoms with Gasteiger partial charge < -0.3 is 0 Å². The normalized spacial score (nSPS) is 22.8. The fraction of sp³-hybridized carbons (Fsp3) is 0.500. The van der Waals surface area contributed by atoms with Gasteiger partial charge in [-0.3, -0.25) is 14.5 Å². The summed E-state index contributed by atoms with van der Waals surface area (Å²) in [5.74, 6) is 0.261. The molecule has 2 aliphatic rings. The highest BCUT2D eigenvalue weighted by atomic mass is 32.2. The van der Waals surface area contributed by atoms with Gasteiger partial charge in [0.2, 0.25) is 15.9 Å². The molecule has 24 heavy (non-hydrogen) atoms. The predicted molar refractivity (Wildman–Crippen MR) is 92.4 cm³/mol. The molecular formula is C16H20N2O4S2. The molecule has 2 heterocycles. The van der Waals surface area contributed by atoms with Gasteiger partial charge >= 0.3 is 0 Å². The van der Waals surface area contributed by atoms with Gasteiger partial charge in [-0.15, -0.1) is 0 Å². The zero-order chi connectivity index (χ0) is 17.5. The van der Waals surface area contributed by atoms with Crippen LogP contribution in [0.1, 0.15) is 31.7 Å². The Labute approximate surface area is 146 Å². The number of carbonyl (C=O) groups is 2.